The maximum atomic E-state index is 11.8. The highest BCUT2D eigenvalue weighted by atomic mass is 35.5. The number of hydrogen-bond donors (Lipinski definition) is 0. The molecule has 90 valence electrons. The highest BCUT2D eigenvalue weighted by Gasteiger charge is 2.41. The number of benzene rings is 1. The molecule has 1 aromatic carbocycles. The third-order valence-corrected chi connectivity index (χ3v) is 2.86. The van der Waals surface area contributed by atoms with E-state index in [9.17, 15) is 9.59 Å². The van der Waals surface area contributed by atoms with Crippen LogP contribution in [0.1, 0.15) is 11.6 Å². The number of amides is 3. The van der Waals surface area contributed by atoms with Gasteiger partial charge in [-0.2, -0.15) is 5.06 Å². The smallest absolute Gasteiger partial charge is 0.272 e. The van der Waals surface area contributed by atoms with E-state index in [0.29, 0.717) is 0 Å². The van der Waals surface area contributed by atoms with Gasteiger partial charge in [0.15, 0.2) is 0 Å². The van der Waals surface area contributed by atoms with Crippen LogP contribution < -0.4 is 0 Å². The number of nitrogens with zero attached hydrogens (tertiary/aromatic N) is 2. The first kappa shape index (κ1) is 11.9. The van der Waals surface area contributed by atoms with E-state index in [1.54, 1.807) is 0 Å². The van der Waals surface area contributed by atoms with Crippen LogP contribution in [0.25, 0.3) is 0 Å². The lowest BCUT2D eigenvalue weighted by Gasteiger charge is -2.19. The standard InChI is InChI=1S/C11H11ClN2O3/c1-17-14-9(8-5-3-2-4-6-8)7-13(10(12)15)11(14)16/h2-6,9H,7H2,1H3. The molecule has 1 aromatic rings. The molecule has 0 aromatic heterocycles. The van der Waals surface area contributed by atoms with Gasteiger partial charge < -0.3 is 0 Å². The van der Waals surface area contributed by atoms with Crippen LogP contribution in [0.4, 0.5) is 9.59 Å². The van der Waals surface area contributed by atoms with E-state index in [2.05, 4.69) is 0 Å². The van der Waals surface area contributed by atoms with E-state index < -0.39 is 11.4 Å². The summed E-state index contributed by atoms with van der Waals surface area (Å²) in [6, 6.07) is 8.47. The SMILES string of the molecule is CON1C(=O)N(C(=O)Cl)CC1c1ccccc1. The Morgan fingerprint density at radius 1 is 1.41 bits per heavy atom. The van der Waals surface area contributed by atoms with Gasteiger partial charge in [-0.3, -0.25) is 9.63 Å². The summed E-state index contributed by atoms with van der Waals surface area (Å²) >= 11 is 5.34. The molecule has 1 saturated heterocycles. The Morgan fingerprint density at radius 2 is 2.06 bits per heavy atom. The summed E-state index contributed by atoms with van der Waals surface area (Å²) in [5.41, 5.74) is 0.892. The maximum absolute atomic E-state index is 11.8. The van der Waals surface area contributed by atoms with E-state index in [0.717, 1.165) is 15.5 Å². The van der Waals surface area contributed by atoms with Crippen molar-refractivity contribution in [1.29, 1.82) is 0 Å². The Hall–Kier alpha value is -1.59. The number of imide groups is 1. The summed E-state index contributed by atoms with van der Waals surface area (Å²) in [4.78, 5) is 28.8. The highest BCUT2D eigenvalue weighted by molar-refractivity contribution is 6.64. The van der Waals surface area contributed by atoms with Crippen LogP contribution in [0.15, 0.2) is 30.3 Å². The predicted octanol–water partition coefficient (Wildman–Crippen LogP) is 2.39. The van der Waals surface area contributed by atoms with Crippen molar-refractivity contribution in [2.75, 3.05) is 13.7 Å². The van der Waals surface area contributed by atoms with Gasteiger partial charge >= 0.3 is 11.4 Å². The fraction of sp³-hybridized carbons (Fsp3) is 0.273. The summed E-state index contributed by atoms with van der Waals surface area (Å²) in [6.07, 6.45) is 0. The second-order valence-corrected chi connectivity index (χ2v) is 3.90. The Balaban J connectivity index is 2.30. The molecule has 0 spiro atoms. The van der Waals surface area contributed by atoms with Crippen LogP contribution in [0, 0.1) is 0 Å². The minimum Gasteiger partial charge on any atom is -0.272 e. The number of rotatable bonds is 2. The van der Waals surface area contributed by atoms with E-state index in [1.807, 2.05) is 30.3 Å². The summed E-state index contributed by atoms with van der Waals surface area (Å²) < 4.78 is 0. The molecule has 1 unspecified atom stereocenters. The first-order valence-corrected chi connectivity index (χ1v) is 5.42. The quantitative estimate of drug-likeness (QED) is 0.601. The molecular weight excluding hydrogens is 244 g/mol. The summed E-state index contributed by atoms with van der Waals surface area (Å²) in [6.45, 7) is 0.193. The van der Waals surface area contributed by atoms with Crippen molar-refractivity contribution in [3.05, 3.63) is 35.9 Å². The molecule has 1 aliphatic rings. The number of halogens is 1. The normalized spacial score (nSPS) is 19.9. The monoisotopic (exact) mass is 254 g/mol. The van der Waals surface area contributed by atoms with Gasteiger partial charge in [0.1, 0.15) is 6.04 Å². The van der Waals surface area contributed by atoms with Crippen LogP contribution >= 0.6 is 11.6 Å². The van der Waals surface area contributed by atoms with E-state index in [-0.39, 0.29) is 12.6 Å². The maximum Gasteiger partial charge on any atom is 0.352 e. The molecule has 0 aliphatic carbocycles. The molecule has 2 rings (SSSR count). The van der Waals surface area contributed by atoms with Crippen LogP contribution in [0.2, 0.25) is 0 Å². The first-order valence-electron chi connectivity index (χ1n) is 5.04. The van der Waals surface area contributed by atoms with Crippen molar-refractivity contribution in [3.8, 4) is 0 Å². The fourth-order valence-electron chi connectivity index (χ4n) is 1.85. The van der Waals surface area contributed by atoms with Gasteiger partial charge in [0.05, 0.1) is 13.7 Å². The number of hydroxylamine groups is 2. The number of carbonyl (C=O) groups is 2. The third kappa shape index (κ3) is 2.11. The van der Waals surface area contributed by atoms with Crippen molar-refractivity contribution >= 4 is 23.0 Å². The zero-order valence-corrected chi connectivity index (χ0v) is 9.92. The molecular formula is C11H11ClN2O3. The molecule has 6 heteroatoms. The highest BCUT2D eigenvalue weighted by Crippen LogP contribution is 2.29. The van der Waals surface area contributed by atoms with Gasteiger partial charge in [0.25, 0.3) is 0 Å². The van der Waals surface area contributed by atoms with Crippen molar-refractivity contribution in [1.82, 2.24) is 9.96 Å². The predicted molar refractivity (Wildman–Crippen MR) is 61.4 cm³/mol. The molecule has 1 atom stereocenters. The Kier molecular flexibility index (Phi) is 3.31. The lowest BCUT2D eigenvalue weighted by Crippen LogP contribution is -2.33. The summed E-state index contributed by atoms with van der Waals surface area (Å²) in [5.74, 6) is 0. The number of carbonyl (C=O) groups excluding carboxylic acids is 2. The van der Waals surface area contributed by atoms with E-state index in [4.69, 9.17) is 16.4 Å². The first-order chi connectivity index (χ1) is 8.15. The van der Waals surface area contributed by atoms with Crippen molar-refractivity contribution in [3.63, 3.8) is 0 Å². The molecule has 1 heterocycles. The number of hydrogen-bond acceptors (Lipinski definition) is 3. The molecule has 0 saturated carbocycles. The molecule has 0 radical (unpaired) electrons. The molecule has 0 bridgehead atoms. The number of urea groups is 1. The Labute approximate surface area is 103 Å². The van der Waals surface area contributed by atoms with Gasteiger partial charge in [-0.15, -0.1) is 0 Å². The average Bonchev–Trinajstić information content (AvgIpc) is 2.67. The minimum atomic E-state index is -0.796. The lowest BCUT2D eigenvalue weighted by atomic mass is 10.1. The van der Waals surface area contributed by atoms with Gasteiger partial charge in [-0.05, 0) is 17.2 Å². The van der Waals surface area contributed by atoms with Gasteiger partial charge in [-0.1, -0.05) is 30.3 Å². The molecule has 17 heavy (non-hydrogen) atoms. The molecule has 3 amide bonds. The van der Waals surface area contributed by atoms with Crippen LogP contribution in [0.5, 0.6) is 0 Å². The van der Waals surface area contributed by atoms with Crippen molar-refractivity contribution in [2.24, 2.45) is 0 Å². The largest absolute Gasteiger partial charge is 0.352 e. The zero-order chi connectivity index (χ0) is 12.4. The fourth-order valence-corrected chi connectivity index (χ4v) is 1.99. The van der Waals surface area contributed by atoms with Crippen molar-refractivity contribution < 1.29 is 14.4 Å². The topological polar surface area (TPSA) is 49.9 Å². The third-order valence-electron chi connectivity index (χ3n) is 2.65. The zero-order valence-electron chi connectivity index (χ0n) is 9.17. The van der Waals surface area contributed by atoms with Crippen LogP contribution in [-0.2, 0) is 4.84 Å². The minimum absolute atomic E-state index is 0.193. The Morgan fingerprint density at radius 3 is 2.59 bits per heavy atom. The molecule has 1 aliphatic heterocycles. The molecule has 5 nitrogen and oxygen atoms in total. The summed E-state index contributed by atoms with van der Waals surface area (Å²) in [7, 11) is 1.38. The van der Waals surface area contributed by atoms with Crippen LogP contribution in [-0.4, -0.2) is 35.0 Å². The van der Waals surface area contributed by atoms with E-state index >= 15 is 0 Å². The molecule has 0 N–H and O–H groups in total. The lowest BCUT2D eigenvalue weighted by molar-refractivity contribution is -0.101. The Bertz CT molecular complexity index is 438. The average molecular weight is 255 g/mol. The molecule has 1 fully saturated rings. The van der Waals surface area contributed by atoms with Crippen LogP contribution in [0.3, 0.4) is 0 Å². The van der Waals surface area contributed by atoms with E-state index in [1.165, 1.54) is 7.11 Å². The van der Waals surface area contributed by atoms with Gasteiger partial charge in [0.2, 0.25) is 0 Å². The van der Waals surface area contributed by atoms with Crippen molar-refractivity contribution in [2.45, 2.75) is 6.04 Å². The summed E-state index contributed by atoms with van der Waals surface area (Å²) in [5, 5.41) is 0.353. The second-order valence-electron chi connectivity index (χ2n) is 3.58. The van der Waals surface area contributed by atoms with Gasteiger partial charge in [-0.25, -0.2) is 9.69 Å². The van der Waals surface area contributed by atoms with Gasteiger partial charge in [0, 0.05) is 0 Å². The second kappa shape index (κ2) is 4.73.